The third-order valence-electron chi connectivity index (χ3n) is 6.28. The molecule has 1 fully saturated rings. The zero-order chi connectivity index (χ0) is 22.0. The topological polar surface area (TPSA) is 63.4 Å². The van der Waals surface area contributed by atoms with Gasteiger partial charge in [-0.15, -0.1) is 12.4 Å². The molecule has 1 aromatic heterocycles. The first-order chi connectivity index (χ1) is 14.9. The van der Waals surface area contributed by atoms with Crippen LogP contribution in [0, 0.1) is 6.92 Å². The van der Waals surface area contributed by atoms with Crippen LogP contribution in [0.5, 0.6) is 0 Å². The second-order valence-electron chi connectivity index (χ2n) is 8.30. The highest BCUT2D eigenvalue weighted by Gasteiger charge is 2.21. The third-order valence-corrected chi connectivity index (χ3v) is 8.03. The Balaban J connectivity index is 0.00000289. The number of rotatable bonds is 7. The molecule has 0 bridgehead atoms. The normalized spacial score (nSPS) is 16.8. The Labute approximate surface area is 197 Å². The Morgan fingerprint density at radius 1 is 1.03 bits per heavy atom. The summed E-state index contributed by atoms with van der Waals surface area (Å²) >= 11 is 0. The van der Waals surface area contributed by atoms with Crippen LogP contribution in [-0.2, 0) is 16.3 Å². The van der Waals surface area contributed by atoms with Gasteiger partial charge < -0.3 is 9.32 Å². The Hall–Kier alpha value is -2.15. The monoisotopic (exact) mass is 474 g/mol. The molecular formula is C25H31ClN2O3S. The van der Waals surface area contributed by atoms with E-state index >= 15 is 0 Å². The molecule has 1 saturated heterocycles. The SMILES string of the molecule is CCS(=O)(=O)c1ccc(-c2ccc(-c3nc(CCN4CCCC4C)c(C)o3)cc2)cc1.Cl. The average molecular weight is 475 g/mol. The van der Waals surface area contributed by atoms with Crippen molar-refractivity contribution in [3.8, 4) is 22.6 Å². The minimum atomic E-state index is -3.18. The fourth-order valence-corrected chi connectivity index (χ4v) is 5.07. The van der Waals surface area contributed by atoms with Gasteiger partial charge in [0.1, 0.15) is 5.76 Å². The Morgan fingerprint density at radius 2 is 1.62 bits per heavy atom. The molecule has 5 nitrogen and oxygen atoms in total. The van der Waals surface area contributed by atoms with Crippen LogP contribution in [0.2, 0.25) is 0 Å². The molecule has 172 valence electrons. The predicted octanol–water partition coefficient (Wildman–Crippen LogP) is 5.56. The molecule has 7 heteroatoms. The maximum atomic E-state index is 12.0. The minimum Gasteiger partial charge on any atom is -0.441 e. The van der Waals surface area contributed by atoms with Crippen molar-refractivity contribution in [3.05, 3.63) is 60.0 Å². The number of aryl methyl sites for hydroxylation is 1. The van der Waals surface area contributed by atoms with Crippen molar-refractivity contribution in [1.29, 1.82) is 0 Å². The van der Waals surface area contributed by atoms with Crippen molar-refractivity contribution < 1.29 is 12.8 Å². The van der Waals surface area contributed by atoms with Crippen LogP contribution in [0.25, 0.3) is 22.6 Å². The highest BCUT2D eigenvalue weighted by molar-refractivity contribution is 7.91. The number of hydrogen-bond acceptors (Lipinski definition) is 5. The number of nitrogens with zero attached hydrogens (tertiary/aromatic N) is 2. The molecule has 3 aromatic rings. The maximum Gasteiger partial charge on any atom is 0.226 e. The van der Waals surface area contributed by atoms with Crippen molar-refractivity contribution >= 4 is 22.2 Å². The molecular weight excluding hydrogens is 444 g/mol. The molecule has 4 rings (SSSR count). The second-order valence-corrected chi connectivity index (χ2v) is 10.6. The quantitative estimate of drug-likeness (QED) is 0.448. The highest BCUT2D eigenvalue weighted by Crippen LogP contribution is 2.27. The first-order valence-corrected chi connectivity index (χ1v) is 12.7. The van der Waals surface area contributed by atoms with Crippen molar-refractivity contribution in [1.82, 2.24) is 9.88 Å². The molecule has 2 heterocycles. The van der Waals surface area contributed by atoms with Crippen LogP contribution >= 0.6 is 12.4 Å². The molecule has 1 aliphatic heterocycles. The van der Waals surface area contributed by atoms with Gasteiger partial charge in [-0.05, 0) is 68.6 Å². The van der Waals surface area contributed by atoms with E-state index in [0.717, 1.165) is 41.1 Å². The van der Waals surface area contributed by atoms with Crippen LogP contribution < -0.4 is 0 Å². The van der Waals surface area contributed by atoms with Gasteiger partial charge in [0.2, 0.25) is 5.89 Å². The second kappa shape index (κ2) is 10.2. The number of oxazole rings is 1. The van der Waals surface area contributed by atoms with E-state index in [1.807, 2.05) is 43.3 Å². The molecule has 0 N–H and O–H groups in total. The van der Waals surface area contributed by atoms with E-state index < -0.39 is 9.84 Å². The van der Waals surface area contributed by atoms with E-state index in [0.29, 0.717) is 16.8 Å². The zero-order valence-electron chi connectivity index (χ0n) is 18.9. The fourth-order valence-electron chi connectivity index (χ4n) is 4.18. The van der Waals surface area contributed by atoms with Gasteiger partial charge in [-0.1, -0.05) is 31.2 Å². The standard InChI is InChI=1S/C25H30N2O3S.ClH/c1-4-31(28,29)23-13-11-21(12-14-23)20-7-9-22(10-8-20)25-26-24(19(3)30-25)15-17-27-16-5-6-18(27)2;/h7-14,18H,4-6,15-17H2,1-3H3;1H. The summed E-state index contributed by atoms with van der Waals surface area (Å²) in [5, 5.41) is 0. The Bertz CT molecular complexity index is 1140. The molecule has 2 aromatic carbocycles. The van der Waals surface area contributed by atoms with E-state index in [4.69, 9.17) is 9.40 Å². The first-order valence-electron chi connectivity index (χ1n) is 11.0. The summed E-state index contributed by atoms with van der Waals surface area (Å²) in [5.74, 6) is 1.65. The van der Waals surface area contributed by atoms with Crippen LogP contribution in [0.4, 0.5) is 0 Å². The predicted molar refractivity (Wildman–Crippen MR) is 131 cm³/mol. The van der Waals surface area contributed by atoms with Crippen molar-refractivity contribution in [3.63, 3.8) is 0 Å². The van der Waals surface area contributed by atoms with Crippen LogP contribution in [0.3, 0.4) is 0 Å². The molecule has 1 unspecified atom stereocenters. The number of hydrogen-bond donors (Lipinski definition) is 0. The lowest BCUT2D eigenvalue weighted by molar-refractivity contribution is 0.271. The van der Waals surface area contributed by atoms with E-state index in [2.05, 4.69) is 11.8 Å². The van der Waals surface area contributed by atoms with Gasteiger partial charge in [0.15, 0.2) is 9.84 Å². The largest absolute Gasteiger partial charge is 0.441 e. The Morgan fingerprint density at radius 3 is 2.19 bits per heavy atom. The zero-order valence-corrected chi connectivity index (χ0v) is 20.5. The van der Waals surface area contributed by atoms with Crippen molar-refractivity contribution in [2.45, 2.75) is 51.0 Å². The molecule has 0 radical (unpaired) electrons. The third kappa shape index (κ3) is 5.25. The minimum absolute atomic E-state index is 0. The molecule has 0 spiro atoms. The van der Waals surface area contributed by atoms with Crippen LogP contribution in [-0.4, -0.2) is 43.2 Å². The Kier molecular flexibility index (Phi) is 7.80. The van der Waals surface area contributed by atoms with Gasteiger partial charge in [-0.2, -0.15) is 0 Å². The van der Waals surface area contributed by atoms with Gasteiger partial charge in [-0.25, -0.2) is 13.4 Å². The summed E-state index contributed by atoms with van der Waals surface area (Å²) in [4.78, 5) is 7.65. The smallest absolute Gasteiger partial charge is 0.226 e. The van der Waals surface area contributed by atoms with Gasteiger partial charge in [0.05, 0.1) is 16.3 Å². The van der Waals surface area contributed by atoms with Gasteiger partial charge in [0.25, 0.3) is 0 Å². The molecule has 0 aliphatic carbocycles. The summed E-state index contributed by atoms with van der Waals surface area (Å²) < 4.78 is 30.0. The van der Waals surface area contributed by atoms with Gasteiger partial charge in [-0.3, -0.25) is 0 Å². The lowest BCUT2D eigenvalue weighted by atomic mass is 10.0. The summed E-state index contributed by atoms with van der Waals surface area (Å²) in [7, 11) is -3.18. The fraction of sp³-hybridized carbons (Fsp3) is 0.400. The number of sulfone groups is 1. The van der Waals surface area contributed by atoms with Crippen LogP contribution in [0.1, 0.15) is 38.1 Å². The average Bonchev–Trinajstić information content (AvgIpc) is 3.37. The van der Waals surface area contributed by atoms with Crippen molar-refractivity contribution in [2.75, 3.05) is 18.8 Å². The molecule has 32 heavy (non-hydrogen) atoms. The summed E-state index contributed by atoms with van der Waals surface area (Å²) in [6, 6.07) is 15.8. The lowest BCUT2D eigenvalue weighted by Crippen LogP contribution is -2.29. The van der Waals surface area contributed by atoms with E-state index in [1.54, 1.807) is 19.1 Å². The van der Waals surface area contributed by atoms with Crippen molar-refractivity contribution in [2.24, 2.45) is 0 Å². The first kappa shape index (κ1) is 24.5. The molecule has 1 aliphatic rings. The van der Waals surface area contributed by atoms with E-state index in [1.165, 1.54) is 19.4 Å². The molecule has 0 amide bonds. The molecule has 0 saturated carbocycles. The number of benzene rings is 2. The van der Waals surface area contributed by atoms with Crippen LogP contribution in [0.15, 0.2) is 57.8 Å². The van der Waals surface area contributed by atoms with E-state index in [-0.39, 0.29) is 18.2 Å². The number of likely N-dealkylation sites (tertiary alicyclic amines) is 1. The van der Waals surface area contributed by atoms with E-state index in [9.17, 15) is 8.42 Å². The number of halogens is 1. The summed E-state index contributed by atoms with van der Waals surface area (Å²) in [5.41, 5.74) is 3.98. The highest BCUT2D eigenvalue weighted by atomic mass is 35.5. The van der Waals surface area contributed by atoms with Gasteiger partial charge in [0, 0.05) is 24.6 Å². The molecule has 1 atom stereocenters. The lowest BCUT2D eigenvalue weighted by Gasteiger charge is -2.20. The summed E-state index contributed by atoms with van der Waals surface area (Å²) in [6.45, 7) is 8.14. The summed E-state index contributed by atoms with van der Waals surface area (Å²) in [6.07, 6.45) is 3.48. The number of aromatic nitrogens is 1. The van der Waals surface area contributed by atoms with Gasteiger partial charge >= 0.3 is 0 Å². The maximum absolute atomic E-state index is 12.0.